The third-order valence-electron chi connectivity index (χ3n) is 11.5. The summed E-state index contributed by atoms with van der Waals surface area (Å²) < 4.78 is 10.4. The van der Waals surface area contributed by atoms with Crippen LogP contribution in [0, 0.1) is 25.0 Å². The third kappa shape index (κ3) is 9.02. The van der Waals surface area contributed by atoms with Gasteiger partial charge < -0.3 is 8.98 Å². The number of furan rings is 1. The summed E-state index contributed by atoms with van der Waals surface area (Å²) in [5.41, 5.74) is 15.4. The quantitative estimate of drug-likeness (QED) is 0.107. The van der Waals surface area contributed by atoms with Crippen molar-refractivity contribution in [3.05, 3.63) is 162 Å². The van der Waals surface area contributed by atoms with E-state index >= 15 is 0 Å². The number of nitrogens with zero attached hydrogens (tertiary/aromatic N) is 4. The number of imidazole rings is 1. The first kappa shape index (κ1) is 44.9. The van der Waals surface area contributed by atoms with Crippen LogP contribution in [0.25, 0.3) is 72.4 Å². The van der Waals surface area contributed by atoms with Crippen LogP contribution in [0.3, 0.4) is 0 Å². The molecule has 0 saturated carbocycles. The molecule has 0 spiro atoms. The van der Waals surface area contributed by atoms with E-state index in [1.165, 1.54) is 33.5 Å². The molecule has 62 heavy (non-hydrogen) atoms. The summed E-state index contributed by atoms with van der Waals surface area (Å²) in [4.78, 5) is 14.4. The number of benzene rings is 5. The van der Waals surface area contributed by atoms with Crippen LogP contribution in [0.2, 0.25) is 17.3 Å². The van der Waals surface area contributed by atoms with Crippen molar-refractivity contribution in [2.24, 2.45) is 5.92 Å². The molecule has 0 unspecified atom stereocenters. The fraction of sp³-hybridized carbons (Fsp3) is 0.255. The van der Waals surface area contributed by atoms with Crippen LogP contribution >= 0.6 is 0 Å². The van der Waals surface area contributed by atoms with Crippen LogP contribution in [0.5, 0.6) is 0 Å². The first-order chi connectivity index (χ1) is 29.3. The summed E-state index contributed by atoms with van der Waals surface area (Å²) >= 11 is -1.86. The zero-order valence-electron chi connectivity index (χ0n) is 37.6. The van der Waals surface area contributed by atoms with Gasteiger partial charge in [-0.15, -0.1) is 18.2 Å². The molecule has 9 aromatic rings. The Hall–Kier alpha value is -5.14. The second-order valence-corrected chi connectivity index (χ2v) is 28.9. The second kappa shape index (κ2) is 18.7. The smallest absolute Gasteiger partial charge is 0.120 e. The molecule has 317 valence electrons. The normalized spacial score (nSPS) is 11.8. The zero-order chi connectivity index (χ0) is 43.0. The first-order valence-electron chi connectivity index (χ1n) is 21.7. The number of aromatic nitrogens is 4. The van der Waals surface area contributed by atoms with E-state index in [9.17, 15) is 0 Å². The maximum absolute atomic E-state index is 6.49. The van der Waals surface area contributed by atoms with E-state index in [4.69, 9.17) is 14.4 Å². The Balaban J connectivity index is 0.000000233. The molecule has 0 saturated heterocycles. The summed E-state index contributed by atoms with van der Waals surface area (Å²) in [6.45, 7) is 15.8. The summed E-state index contributed by atoms with van der Waals surface area (Å²) in [6, 6.07) is 44.8. The summed E-state index contributed by atoms with van der Waals surface area (Å²) in [5, 5.41) is 2.16. The van der Waals surface area contributed by atoms with Gasteiger partial charge in [0, 0.05) is 37.4 Å². The molecule has 9 rings (SSSR count). The van der Waals surface area contributed by atoms with Crippen molar-refractivity contribution in [3.8, 4) is 39.5 Å². The van der Waals surface area contributed by atoms with Crippen LogP contribution in [0.4, 0.5) is 0 Å². The molecule has 0 fully saturated rings. The van der Waals surface area contributed by atoms with E-state index in [1.54, 1.807) is 4.40 Å². The molecule has 1 radical (unpaired) electrons. The monoisotopic (exact) mass is 1060 g/mol. The zero-order valence-corrected chi connectivity index (χ0v) is 42.1. The molecule has 5 aromatic carbocycles. The topological polar surface area (TPSA) is 56.7 Å². The third-order valence-corrected chi connectivity index (χ3v) is 15.8. The van der Waals surface area contributed by atoms with Crippen LogP contribution < -0.4 is 4.40 Å². The molecule has 0 aliphatic rings. The van der Waals surface area contributed by atoms with Gasteiger partial charge in [0.1, 0.15) is 5.58 Å². The maximum Gasteiger partial charge on any atom is 0.120 e. The summed E-state index contributed by atoms with van der Waals surface area (Å²) in [5.74, 6) is 9.37. The standard InChI is InChI=1S/C37H32N3O.C18H24GeN.Ir/c1-22(2)30-18-26(25-12-7-6-8-13-25)19-31(23(3)4)35(30)40-34-24(5)20-38-21-32(34)39-37(40)29-16-11-15-28-27-14-9-10-17-33(27)41-36(28)29;1-14(2)11-16-12-18(15-9-7-6-8-10-15)20-13-17(16)19(3,4)5;/h6-15,17-23H,1-5H3;6-9,12-14H,11H2,1-5H3;/q2*-1;. The van der Waals surface area contributed by atoms with Gasteiger partial charge in [0.15, 0.2) is 0 Å². The van der Waals surface area contributed by atoms with Gasteiger partial charge in [-0.1, -0.05) is 87.2 Å². The van der Waals surface area contributed by atoms with Gasteiger partial charge in [0.25, 0.3) is 0 Å². The van der Waals surface area contributed by atoms with E-state index < -0.39 is 13.3 Å². The molecule has 0 aliphatic heterocycles. The number of hydrogen-bond donors (Lipinski definition) is 0. The molecular weight excluding hydrogens is 997 g/mol. The van der Waals surface area contributed by atoms with Gasteiger partial charge in [0.05, 0.1) is 28.6 Å². The molecule has 0 atom stereocenters. The van der Waals surface area contributed by atoms with Crippen molar-refractivity contribution in [3.63, 3.8) is 0 Å². The molecule has 0 amide bonds. The summed E-state index contributed by atoms with van der Waals surface area (Å²) in [7, 11) is 0. The largest absolute Gasteiger partial charge is 0.501 e. The SMILES string of the molecule is CC(C)Cc1cc(-c2[c-]cccc2)nc[c]1[Ge]([CH3])([CH3])[CH3].Cc1cncc2nc(-c3[c-]ccc4c3oc3ccccc34)n(-c3c(C(C)C)cc(-c4ccccc4)cc3C(C)C)c12.[Ir]. The fourth-order valence-corrected chi connectivity index (χ4v) is 11.9. The van der Waals surface area contributed by atoms with E-state index in [1.807, 2.05) is 48.8 Å². The minimum Gasteiger partial charge on any atom is -0.501 e. The van der Waals surface area contributed by atoms with Crippen molar-refractivity contribution in [1.29, 1.82) is 0 Å². The number of para-hydroxylation sites is 1. The Labute approximate surface area is 383 Å². The van der Waals surface area contributed by atoms with Crippen molar-refractivity contribution >= 4 is 50.6 Å². The molecule has 4 aromatic heterocycles. The van der Waals surface area contributed by atoms with Crippen molar-refractivity contribution in [2.75, 3.05) is 0 Å². The van der Waals surface area contributed by atoms with Crippen LogP contribution in [-0.2, 0) is 26.5 Å². The number of aryl methyl sites for hydroxylation is 1. The molecule has 0 aliphatic carbocycles. The second-order valence-electron chi connectivity index (χ2n) is 18.3. The molecule has 5 nitrogen and oxygen atoms in total. The van der Waals surface area contributed by atoms with Gasteiger partial charge in [0.2, 0.25) is 0 Å². The molecular formula is C55H56GeIrN4O-2. The van der Waals surface area contributed by atoms with Gasteiger partial charge in [-0.05, 0) is 64.8 Å². The predicted molar refractivity (Wildman–Crippen MR) is 259 cm³/mol. The van der Waals surface area contributed by atoms with Gasteiger partial charge >= 0.3 is 126 Å². The van der Waals surface area contributed by atoms with E-state index in [0.29, 0.717) is 5.92 Å². The summed E-state index contributed by atoms with van der Waals surface area (Å²) in [6.07, 6.45) is 7.07. The average molecular weight is 1050 g/mol. The van der Waals surface area contributed by atoms with E-state index in [0.717, 1.165) is 67.6 Å². The van der Waals surface area contributed by atoms with E-state index in [-0.39, 0.29) is 31.9 Å². The Morgan fingerprint density at radius 1 is 0.710 bits per heavy atom. The number of fused-ring (bicyclic) bond motifs is 4. The van der Waals surface area contributed by atoms with Gasteiger partial charge in [-0.25, -0.2) is 0 Å². The number of pyridine rings is 2. The Morgan fingerprint density at radius 3 is 2.06 bits per heavy atom. The van der Waals surface area contributed by atoms with Crippen LogP contribution in [0.15, 0.2) is 132 Å². The molecule has 0 bridgehead atoms. The fourth-order valence-electron chi connectivity index (χ4n) is 8.53. The molecule has 4 heterocycles. The van der Waals surface area contributed by atoms with E-state index in [2.05, 4.69) is 166 Å². The Kier molecular flexibility index (Phi) is 13.5. The minimum absolute atomic E-state index is 0. The predicted octanol–water partition coefficient (Wildman–Crippen LogP) is 14.3. The maximum atomic E-state index is 6.49. The Bertz CT molecular complexity index is 2950. The number of rotatable bonds is 9. The molecule has 7 heteroatoms. The number of hydrogen-bond acceptors (Lipinski definition) is 4. The first-order valence-corrected chi connectivity index (χ1v) is 29.0. The van der Waals surface area contributed by atoms with Crippen LogP contribution in [-0.4, -0.2) is 32.8 Å². The van der Waals surface area contributed by atoms with Gasteiger partial charge in [-0.3, -0.25) is 9.97 Å². The van der Waals surface area contributed by atoms with Crippen molar-refractivity contribution in [2.45, 2.75) is 84.0 Å². The van der Waals surface area contributed by atoms with Crippen molar-refractivity contribution < 1.29 is 24.5 Å². The Morgan fingerprint density at radius 2 is 1.40 bits per heavy atom. The van der Waals surface area contributed by atoms with Gasteiger partial charge in [-0.2, -0.15) is 0 Å². The molecule has 0 N–H and O–H groups in total. The van der Waals surface area contributed by atoms with Crippen molar-refractivity contribution in [1.82, 2.24) is 19.5 Å². The van der Waals surface area contributed by atoms with Crippen LogP contribution in [0.1, 0.15) is 75.6 Å². The minimum atomic E-state index is -1.86. The average Bonchev–Trinajstić information content (AvgIpc) is 3.83.